The van der Waals surface area contributed by atoms with Crippen LogP contribution in [-0.2, 0) is 11.3 Å². The van der Waals surface area contributed by atoms with Crippen LogP contribution in [0.3, 0.4) is 0 Å². The molecule has 1 fully saturated rings. The molecular formula is C15H19NO2. The molecule has 1 amide bonds. The molecule has 0 bridgehead atoms. The molecule has 1 aromatic carbocycles. The van der Waals surface area contributed by atoms with E-state index in [2.05, 4.69) is 6.58 Å². The summed E-state index contributed by atoms with van der Waals surface area (Å²) in [5.41, 5.74) is 1.02. The van der Waals surface area contributed by atoms with E-state index in [0.717, 1.165) is 31.4 Å². The van der Waals surface area contributed by atoms with Gasteiger partial charge in [0.05, 0.1) is 0 Å². The fraction of sp³-hybridized carbons (Fsp3) is 0.400. The SMILES string of the molecule is C=CC[C@@H]1CCCN1C(=O)OCc1ccccc1. The highest BCUT2D eigenvalue weighted by Crippen LogP contribution is 2.21. The molecule has 0 unspecified atom stereocenters. The number of hydrogen-bond donors (Lipinski definition) is 0. The van der Waals surface area contributed by atoms with Gasteiger partial charge in [-0.2, -0.15) is 0 Å². The summed E-state index contributed by atoms with van der Waals surface area (Å²) in [4.78, 5) is 13.8. The van der Waals surface area contributed by atoms with Crippen LogP contribution in [0.15, 0.2) is 43.0 Å². The summed E-state index contributed by atoms with van der Waals surface area (Å²) in [5.74, 6) is 0. The Labute approximate surface area is 108 Å². The van der Waals surface area contributed by atoms with Crippen LogP contribution >= 0.6 is 0 Å². The van der Waals surface area contributed by atoms with Crippen molar-refractivity contribution in [2.75, 3.05) is 6.54 Å². The van der Waals surface area contributed by atoms with Crippen LogP contribution in [-0.4, -0.2) is 23.6 Å². The Hall–Kier alpha value is -1.77. The van der Waals surface area contributed by atoms with E-state index < -0.39 is 0 Å². The van der Waals surface area contributed by atoms with Gasteiger partial charge in [0.15, 0.2) is 0 Å². The molecule has 3 heteroatoms. The zero-order valence-electron chi connectivity index (χ0n) is 10.5. The number of nitrogens with zero attached hydrogens (tertiary/aromatic N) is 1. The van der Waals surface area contributed by atoms with Crippen LogP contribution in [0, 0.1) is 0 Å². The third-order valence-electron chi connectivity index (χ3n) is 3.26. The van der Waals surface area contributed by atoms with Crippen LogP contribution in [0.2, 0.25) is 0 Å². The lowest BCUT2D eigenvalue weighted by molar-refractivity contribution is 0.0925. The number of rotatable bonds is 4. The smallest absolute Gasteiger partial charge is 0.410 e. The van der Waals surface area contributed by atoms with Gasteiger partial charge in [0.25, 0.3) is 0 Å². The fourth-order valence-electron chi connectivity index (χ4n) is 2.32. The Morgan fingerprint density at radius 2 is 2.22 bits per heavy atom. The lowest BCUT2D eigenvalue weighted by Gasteiger charge is -2.23. The second-order valence-corrected chi connectivity index (χ2v) is 4.55. The van der Waals surface area contributed by atoms with Gasteiger partial charge in [0.2, 0.25) is 0 Å². The van der Waals surface area contributed by atoms with Crippen LogP contribution in [0.5, 0.6) is 0 Å². The van der Waals surface area contributed by atoms with E-state index in [1.807, 2.05) is 41.3 Å². The van der Waals surface area contributed by atoms with Crippen molar-refractivity contribution < 1.29 is 9.53 Å². The Kier molecular flexibility index (Phi) is 4.40. The van der Waals surface area contributed by atoms with E-state index in [-0.39, 0.29) is 12.1 Å². The molecule has 1 aliphatic heterocycles. The predicted octanol–water partition coefficient (Wildman–Crippen LogP) is 3.36. The van der Waals surface area contributed by atoms with Gasteiger partial charge in [0, 0.05) is 12.6 Å². The van der Waals surface area contributed by atoms with Crippen molar-refractivity contribution in [3.05, 3.63) is 48.6 Å². The summed E-state index contributed by atoms with van der Waals surface area (Å²) >= 11 is 0. The van der Waals surface area contributed by atoms with Crippen LogP contribution in [0.1, 0.15) is 24.8 Å². The standard InChI is InChI=1S/C15H19NO2/c1-2-7-14-10-6-11-16(14)15(17)18-12-13-8-4-3-5-9-13/h2-5,8-9,14H,1,6-7,10-12H2/t14-/m1/s1. The Morgan fingerprint density at radius 1 is 1.44 bits per heavy atom. The van der Waals surface area contributed by atoms with E-state index in [1.54, 1.807) is 0 Å². The lowest BCUT2D eigenvalue weighted by Crippen LogP contribution is -2.35. The molecule has 0 aliphatic carbocycles. The zero-order valence-corrected chi connectivity index (χ0v) is 10.5. The summed E-state index contributed by atoms with van der Waals surface area (Å²) in [7, 11) is 0. The third kappa shape index (κ3) is 3.13. The predicted molar refractivity (Wildman–Crippen MR) is 71.2 cm³/mol. The number of likely N-dealkylation sites (tertiary alicyclic amines) is 1. The highest BCUT2D eigenvalue weighted by molar-refractivity contribution is 5.68. The maximum Gasteiger partial charge on any atom is 0.410 e. The Morgan fingerprint density at radius 3 is 2.94 bits per heavy atom. The van der Waals surface area contributed by atoms with Crippen molar-refractivity contribution in [1.29, 1.82) is 0 Å². The highest BCUT2D eigenvalue weighted by atomic mass is 16.6. The molecule has 1 heterocycles. The van der Waals surface area contributed by atoms with Crippen molar-refractivity contribution in [2.24, 2.45) is 0 Å². The summed E-state index contributed by atoms with van der Waals surface area (Å²) in [6, 6.07) is 10.0. The molecule has 3 nitrogen and oxygen atoms in total. The second kappa shape index (κ2) is 6.24. The molecule has 0 saturated carbocycles. The van der Waals surface area contributed by atoms with E-state index >= 15 is 0 Å². The highest BCUT2D eigenvalue weighted by Gasteiger charge is 2.28. The Bertz CT molecular complexity index is 402. The average molecular weight is 245 g/mol. The number of hydrogen-bond acceptors (Lipinski definition) is 2. The van der Waals surface area contributed by atoms with Gasteiger partial charge in [-0.15, -0.1) is 6.58 Å². The van der Waals surface area contributed by atoms with Crippen LogP contribution in [0.4, 0.5) is 4.79 Å². The largest absolute Gasteiger partial charge is 0.445 e. The minimum absolute atomic E-state index is 0.205. The van der Waals surface area contributed by atoms with Crippen LogP contribution in [0.25, 0.3) is 0 Å². The minimum atomic E-state index is -0.205. The molecular weight excluding hydrogens is 226 g/mol. The summed E-state index contributed by atoms with van der Waals surface area (Å²) in [6.07, 6.45) is 4.61. The number of carbonyl (C=O) groups is 1. The topological polar surface area (TPSA) is 29.5 Å². The fourth-order valence-corrected chi connectivity index (χ4v) is 2.32. The number of carbonyl (C=O) groups excluding carboxylic acids is 1. The van der Waals surface area contributed by atoms with Gasteiger partial charge in [-0.1, -0.05) is 36.4 Å². The lowest BCUT2D eigenvalue weighted by atomic mass is 10.1. The monoisotopic (exact) mass is 245 g/mol. The van der Waals surface area contributed by atoms with Crippen molar-refractivity contribution in [2.45, 2.75) is 31.9 Å². The molecule has 0 N–H and O–H groups in total. The van der Waals surface area contributed by atoms with Crippen molar-refractivity contribution in [3.8, 4) is 0 Å². The Balaban J connectivity index is 1.86. The summed E-state index contributed by atoms with van der Waals surface area (Å²) < 4.78 is 5.34. The third-order valence-corrected chi connectivity index (χ3v) is 3.26. The zero-order chi connectivity index (χ0) is 12.8. The summed E-state index contributed by atoms with van der Waals surface area (Å²) in [6.45, 7) is 4.87. The maximum absolute atomic E-state index is 12.0. The van der Waals surface area contributed by atoms with Gasteiger partial charge in [-0.25, -0.2) is 4.79 Å². The normalized spacial score (nSPS) is 18.7. The molecule has 0 spiro atoms. The van der Waals surface area contributed by atoms with Crippen molar-refractivity contribution >= 4 is 6.09 Å². The number of ether oxygens (including phenoxy) is 1. The van der Waals surface area contributed by atoms with E-state index in [0.29, 0.717) is 6.61 Å². The molecule has 1 aliphatic rings. The molecule has 0 aromatic heterocycles. The molecule has 1 atom stereocenters. The van der Waals surface area contributed by atoms with E-state index in [4.69, 9.17) is 4.74 Å². The van der Waals surface area contributed by atoms with E-state index in [1.165, 1.54) is 0 Å². The van der Waals surface area contributed by atoms with E-state index in [9.17, 15) is 4.79 Å². The molecule has 0 radical (unpaired) electrons. The summed E-state index contributed by atoms with van der Waals surface area (Å²) in [5, 5.41) is 0. The molecule has 96 valence electrons. The van der Waals surface area contributed by atoms with Gasteiger partial charge in [-0.05, 0) is 24.8 Å². The quantitative estimate of drug-likeness (QED) is 0.761. The van der Waals surface area contributed by atoms with Crippen molar-refractivity contribution in [1.82, 2.24) is 4.90 Å². The molecule has 1 aromatic rings. The molecule has 1 saturated heterocycles. The van der Waals surface area contributed by atoms with Gasteiger partial charge < -0.3 is 9.64 Å². The van der Waals surface area contributed by atoms with Gasteiger partial charge in [0.1, 0.15) is 6.61 Å². The number of benzene rings is 1. The van der Waals surface area contributed by atoms with Crippen molar-refractivity contribution in [3.63, 3.8) is 0 Å². The van der Waals surface area contributed by atoms with Gasteiger partial charge in [-0.3, -0.25) is 0 Å². The first-order valence-corrected chi connectivity index (χ1v) is 6.39. The van der Waals surface area contributed by atoms with Gasteiger partial charge >= 0.3 is 6.09 Å². The number of amides is 1. The first kappa shape index (κ1) is 12.7. The molecule has 2 rings (SSSR count). The second-order valence-electron chi connectivity index (χ2n) is 4.55. The molecule has 18 heavy (non-hydrogen) atoms. The first-order valence-electron chi connectivity index (χ1n) is 6.39. The minimum Gasteiger partial charge on any atom is -0.445 e. The first-order chi connectivity index (χ1) is 8.81. The average Bonchev–Trinajstić information content (AvgIpc) is 2.86. The van der Waals surface area contributed by atoms with Crippen LogP contribution < -0.4 is 0 Å². The maximum atomic E-state index is 12.0.